The van der Waals surface area contributed by atoms with Gasteiger partial charge in [-0.2, -0.15) is 0 Å². The summed E-state index contributed by atoms with van der Waals surface area (Å²) in [5.74, 6) is 0.240. The van der Waals surface area contributed by atoms with Crippen LogP contribution in [0, 0.1) is 5.82 Å². The molecule has 1 unspecified atom stereocenters. The van der Waals surface area contributed by atoms with Crippen LogP contribution in [-0.4, -0.2) is 12.2 Å². The maximum Gasteiger partial charge on any atom is 0.125 e. The van der Waals surface area contributed by atoms with E-state index in [9.17, 15) is 9.50 Å². The molecule has 0 radical (unpaired) electrons. The van der Waals surface area contributed by atoms with E-state index in [1.54, 1.807) is 13.2 Å². The Bertz CT molecular complexity index is 599. The third-order valence-electron chi connectivity index (χ3n) is 2.94. The van der Waals surface area contributed by atoms with Crippen LogP contribution in [0.1, 0.15) is 17.2 Å². The predicted octanol–water partition coefficient (Wildman–Crippen LogP) is 4.53. The number of ether oxygens (including phenoxy) is 1. The van der Waals surface area contributed by atoms with Crippen molar-refractivity contribution in [3.8, 4) is 5.75 Å². The Labute approximate surface area is 130 Å². The molecular formula is C15H13BrClFO2. The molecule has 20 heavy (non-hydrogen) atoms. The SMILES string of the molecule is COc1ccc(Br)c(CC(O)c2cc(F)cc(Cl)c2)c1. The van der Waals surface area contributed by atoms with Gasteiger partial charge < -0.3 is 9.84 Å². The molecule has 0 saturated carbocycles. The van der Waals surface area contributed by atoms with Crippen LogP contribution in [0.4, 0.5) is 4.39 Å². The number of hydrogen-bond acceptors (Lipinski definition) is 2. The van der Waals surface area contributed by atoms with E-state index in [2.05, 4.69) is 15.9 Å². The van der Waals surface area contributed by atoms with Crippen LogP contribution in [0.5, 0.6) is 5.75 Å². The van der Waals surface area contributed by atoms with Crippen molar-refractivity contribution in [1.82, 2.24) is 0 Å². The van der Waals surface area contributed by atoms with Crippen molar-refractivity contribution in [2.75, 3.05) is 7.11 Å². The molecule has 1 atom stereocenters. The number of halogens is 3. The minimum atomic E-state index is -0.841. The lowest BCUT2D eigenvalue weighted by molar-refractivity contribution is 0.177. The lowest BCUT2D eigenvalue weighted by Gasteiger charge is -2.14. The fraction of sp³-hybridized carbons (Fsp3) is 0.200. The van der Waals surface area contributed by atoms with E-state index in [1.807, 2.05) is 18.2 Å². The van der Waals surface area contributed by atoms with Crippen molar-refractivity contribution in [1.29, 1.82) is 0 Å². The van der Waals surface area contributed by atoms with E-state index in [0.29, 0.717) is 17.7 Å². The molecule has 5 heteroatoms. The summed E-state index contributed by atoms with van der Waals surface area (Å²) in [5.41, 5.74) is 1.32. The van der Waals surface area contributed by atoms with Gasteiger partial charge in [0.25, 0.3) is 0 Å². The topological polar surface area (TPSA) is 29.5 Å². The first-order valence-electron chi connectivity index (χ1n) is 5.96. The minimum absolute atomic E-state index is 0.267. The first kappa shape index (κ1) is 15.3. The van der Waals surface area contributed by atoms with Crippen LogP contribution in [0.3, 0.4) is 0 Å². The smallest absolute Gasteiger partial charge is 0.125 e. The highest BCUT2D eigenvalue weighted by Crippen LogP contribution is 2.28. The monoisotopic (exact) mass is 358 g/mol. The van der Waals surface area contributed by atoms with Crippen LogP contribution >= 0.6 is 27.5 Å². The van der Waals surface area contributed by atoms with E-state index >= 15 is 0 Å². The molecule has 0 amide bonds. The van der Waals surface area contributed by atoms with Gasteiger partial charge in [-0.05, 0) is 47.5 Å². The van der Waals surface area contributed by atoms with E-state index in [4.69, 9.17) is 16.3 Å². The molecule has 0 aliphatic heterocycles. The van der Waals surface area contributed by atoms with E-state index in [0.717, 1.165) is 10.0 Å². The maximum atomic E-state index is 13.3. The van der Waals surface area contributed by atoms with Gasteiger partial charge in [-0.3, -0.25) is 0 Å². The Morgan fingerprint density at radius 3 is 2.70 bits per heavy atom. The van der Waals surface area contributed by atoms with Crippen LogP contribution < -0.4 is 4.74 Å². The lowest BCUT2D eigenvalue weighted by atomic mass is 10.0. The second-order valence-electron chi connectivity index (χ2n) is 4.38. The summed E-state index contributed by atoms with van der Waals surface area (Å²) >= 11 is 9.22. The standard InChI is InChI=1S/C15H13BrClFO2/c1-20-13-2-3-14(16)9(6-13)7-15(19)10-4-11(17)8-12(18)5-10/h2-6,8,15,19H,7H2,1H3. The Hall–Kier alpha value is -1.10. The molecule has 2 aromatic carbocycles. The van der Waals surface area contributed by atoms with E-state index in [1.165, 1.54) is 12.1 Å². The van der Waals surface area contributed by atoms with Crippen molar-refractivity contribution in [2.24, 2.45) is 0 Å². The predicted molar refractivity (Wildman–Crippen MR) is 80.8 cm³/mol. The zero-order valence-corrected chi connectivity index (χ0v) is 13.1. The molecule has 2 aromatic rings. The summed E-state index contributed by atoms with van der Waals surface area (Å²) in [6.45, 7) is 0. The van der Waals surface area contributed by atoms with Crippen molar-refractivity contribution < 1.29 is 14.2 Å². The molecule has 0 aliphatic rings. The van der Waals surface area contributed by atoms with Crippen molar-refractivity contribution in [3.63, 3.8) is 0 Å². The van der Waals surface area contributed by atoms with Gasteiger partial charge in [-0.25, -0.2) is 4.39 Å². The quantitative estimate of drug-likeness (QED) is 0.869. The number of aliphatic hydroxyl groups is 1. The van der Waals surface area contributed by atoms with Gasteiger partial charge in [0.15, 0.2) is 0 Å². The molecule has 2 rings (SSSR count). The first-order valence-corrected chi connectivity index (χ1v) is 7.13. The van der Waals surface area contributed by atoms with Crippen molar-refractivity contribution in [3.05, 3.63) is 62.8 Å². The average Bonchev–Trinajstić information content (AvgIpc) is 2.40. The molecule has 0 spiro atoms. The van der Waals surface area contributed by atoms with Crippen molar-refractivity contribution >= 4 is 27.5 Å². The summed E-state index contributed by atoms with van der Waals surface area (Å²) in [7, 11) is 1.58. The second kappa shape index (κ2) is 6.57. The zero-order valence-electron chi connectivity index (χ0n) is 10.7. The first-order chi connectivity index (χ1) is 9.49. The number of rotatable bonds is 4. The summed E-state index contributed by atoms with van der Waals surface area (Å²) in [6, 6.07) is 9.54. The van der Waals surface area contributed by atoms with Crippen LogP contribution in [0.25, 0.3) is 0 Å². The van der Waals surface area contributed by atoms with Crippen LogP contribution in [-0.2, 0) is 6.42 Å². The van der Waals surface area contributed by atoms with E-state index in [-0.39, 0.29) is 5.02 Å². The van der Waals surface area contributed by atoms with Crippen LogP contribution in [0.2, 0.25) is 5.02 Å². The number of hydrogen-bond donors (Lipinski definition) is 1. The molecule has 0 saturated heterocycles. The molecule has 0 bridgehead atoms. The summed E-state index contributed by atoms with van der Waals surface area (Å²) < 4.78 is 19.3. The van der Waals surface area contributed by atoms with Gasteiger partial charge in [0.1, 0.15) is 11.6 Å². The number of benzene rings is 2. The molecule has 0 aliphatic carbocycles. The van der Waals surface area contributed by atoms with Gasteiger partial charge in [0.2, 0.25) is 0 Å². The molecule has 0 heterocycles. The van der Waals surface area contributed by atoms with Gasteiger partial charge in [0.05, 0.1) is 13.2 Å². The van der Waals surface area contributed by atoms with Gasteiger partial charge in [0, 0.05) is 15.9 Å². The molecule has 1 N–H and O–H groups in total. The van der Waals surface area contributed by atoms with Crippen molar-refractivity contribution in [2.45, 2.75) is 12.5 Å². The highest BCUT2D eigenvalue weighted by atomic mass is 79.9. The molecule has 0 fully saturated rings. The normalized spacial score (nSPS) is 12.2. The molecule has 106 valence electrons. The molecular weight excluding hydrogens is 347 g/mol. The maximum absolute atomic E-state index is 13.3. The van der Waals surface area contributed by atoms with Gasteiger partial charge in [-0.15, -0.1) is 0 Å². The molecule has 2 nitrogen and oxygen atoms in total. The van der Waals surface area contributed by atoms with E-state index < -0.39 is 11.9 Å². The Morgan fingerprint density at radius 2 is 2.05 bits per heavy atom. The third kappa shape index (κ3) is 3.72. The Balaban J connectivity index is 2.24. The van der Waals surface area contributed by atoms with Crippen LogP contribution in [0.15, 0.2) is 40.9 Å². The average molecular weight is 360 g/mol. The highest BCUT2D eigenvalue weighted by Gasteiger charge is 2.13. The minimum Gasteiger partial charge on any atom is -0.497 e. The summed E-state index contributed by atoms with van der Waals surface area (Å²) in [5, 5.41) is 10.5. The fourth-order valence-corrected chi connectivity index (χ4v) is 2.57. The Morgan fingerprint density at radius 1 is 1.30 bits per heavy atom. The molecule has 0 aromatic heterocycles. The Kier molecular flexibility index (Phi) is 5.02. The number of aliphatic hydroxyl groups excluding tert-OH is 1. The summed E-state index contributed by atoms with van der Waals surface area (Å²) in [4.78, 5) is 0. The fourth-order valence-electron chi connectivity index (χ4n) is 1.93. The second-order valence-corrected chi connectivity index (χ2v) is 5.67. The van der Waals surface area contributed by atoms with Gasteiger partial charge in [-0.1, -0.05) is 27.5 Å². The zero-order chi connectivity index (χ0) is 14.7. The summed E-state index contributed by atoms with van der Waals surface area (Å²) in [6.07, 6.45) is -0.510. The number of methoxy groups -OCH3 is 1. The third-order valence-corrected chi connectivity index (χ3v) is 3.93. The largest absolute Gasteiger partial charge is 0.497 e. The van der Waals surface area contributed by atoms with Gasteiger partial charge >= 0.3 is 0 Å². The highest BCUT2D eigenvalue weighted by molar-refractivity contribution is 9.10. The lowest BCUT2D eigenvalue weighted by Crippen LogP contribution is -2.03.